The van der Waals surface area contributed by atoms with Crippen LogP contribution in [0.2, 0.25) is 0 Å². The van der Waals surface area contributed by atoms with Crippen molar-refractivity contribution in [2.75, 3.05) is 19.0 Å². The number of ether oxygens (including phenoxy) is 2. The molecule has 4 aromatic rings. The van der Waals surface area contributed by atoms with Crippen LogP contribution in [0.4, 0.5) is 5.69 Å². The number of anilines is 1. The van der Waals surface area contributed by atoms with Gasteiger partial charge in [-0.1, -0.05) is 11.2 Å². The highest BCUT2D eigenvalue weighted by atomic mass is 16.5. The topological polar surface area (TPSA) is 86.5 Å². The molecule has 0 aliphatic rings. The second kappa shape index (κ2) is 9.34. The lowest BCUT2D eigenvalue weighted by Crippen LogP contribution is -2.20. The van der Waals surface area contributed by atoms with E-state index in [4.69, 9.17) is 14.0 Å². The minimum Gasteiger partial charge on any atom is -0.497 e. The number of carbonyl (C=O) groups excluding carboxylic acids is 1. The highest BCUT2D eigenvalue weighted by Gasteiger charge is 2.11. The largest absolute Gasteiger partial charge is 0.497 e. The molecule has 0 unspecified atom stereocenters. The number of hydrogen-bond donors (Lipinski definition) is 1. The lowest BCUT2D eigenvalue weighted by Gasteiger charge is -2.09. The molecule has 0 aliphatic heterocycles. The minimum atomic E-state index is -0.240. The van der Waals surface area contributed by atoms with E-state index in [1.165, 1.54) is 5.56 Å². The van der Waals surface area contributed by atoms with Crippen LogP contribution in [0.25, 0.3) is 22.8 Å². The van der Waals surface area contributed by atoms with Crippen molar-refractivity contribution in [2.45, 2.75) is 13.8 Å². The van der Waals surface area contributed by atoms with Crippen molar-refractivity contribution in [3.05, 3.63) is 77.9 Å². The maximum Gasteiger partial charge on any atom is 0.262 e. The summed E-state index contributed by atoms with van der Waals surface area (Å²) in [6, 6.07) is 20.3. The Morgan fingerprint density at radius 1 is 0.906 bits per heavy atom. The molecule has 0 bridgehead atoms. The van der Waals surface area contributed by atoms with Gasteiger partial charge in [-0.15, -0.1) is 0 Å². The maximum absolute atomic E-state index is 12.2. The fourth-order valence-electron chi connectivity index (χ4n) is 3.04. The van der Waals surface area contributed by atoms with Gasteiger partial charge in [0.2, 0.25) is 5.82 Å². The molecule has 1 heterocycles. The molecule has 7 nitrogen and oxygen atoms in total. The lowest BCUT2D eigenvalue weighted by molar-refractivity contribution is -0.118. The molecule has 1 amide bonds. The third-order valence-electron chi connectivity index (χ3n) is 5.04. The van der Waals surface area contributed by atoms with E-state index >= 15 is 0 Å². The van der Waals surface area contributed by atoms with Crippen LogP contribution >= 0.6 is 0 Å². The van der Waals surface area contributed by atoms with Crippen LogP contribution in [-0.4, -0.2) is 29.8 Å². The third-order valence-corrected chi connectivity index (χ3v) is 5.04. The molecule has 0 saturated heterocycles. The molecule has 1 N–H and O–H groups in total. The lowest BCUT2D eigenvalue weighted by atomic mass is 10.1. The Morgan fingerprint density at radius 2 is 1.59 bits per heavy atom. The number of nitrogens with zero attached hydrogens (tertiary/aromatic N) is 2. The van der Waals surface area contributed by atoms with Crippen LogP contribution < -0.4 is 14.8 Å². The van der Waals surface area contributed by atoms with E-state index in [0.717, 1.165) is 22.4 Å². The Bertz CT molecular complexity index is 1210. The predicted octanol–water partition coefficient (Wildman–Crippen LogP) is 5.05. The molecule has 1 aromatic heterocycles. The molecule has 0 radical (unpaired) electrons. The number of aromatic nitrogens is 2. The van der Waals surface area contributed by atoms with E-state index in [0.29, 0.717) is 23.2 Å². The number of benzene rings is 3. The van der Waals surface area contributed by atoms with E-state index in [1.54, 1.807) is 19.2 Å². The first-order valence-corrected chi connectivity index (χ1v) is 10.1. The zero-order valence-corrected chi connectivity index (χ0v) is 18.1. The highest BCUT2D eigenvalue weighted by molar-refractivity contribution is 5.92. The van der Waals surface area contributed by atoms with E-state index < -0.39 is 0 Å². The Balaban J connectivity index is 1.36. The molecule has 0 fully saturated rings. The van der Waals surface area contributed by atoms with Gasteiger partial charge in [-0.3, -0.25) is 4.79 Å². The molecule has 0 aliphatic carbocycles. The van der Waals surface area contributed by atoms with Gasteiger partial charge in [-0.05, 0) is 85.6 Å². The van der Waals surface area contributed by atoms with Gasteiger partial charge in [0.1, 0.15) is 11.5 Å². The van der Waals surface area contributed by atoms with E-state index in [1.807, 2.05) is 68.4 Å². The molecule has 0 atom stereocenters. The van der Waals surface area contributed by atoms with Gasteiger partial charge in [0, 0.05) is 16.8 Å². The van der Waals surface area contributed by atoms with Crippen LogP contribution in [0.1, 0.15) is 11.1 Å². The van der Waals surface area contributed by atoms with Crippen molar-refractivity contribution < 1.29 is 18.8 Å². The molecule has 0 saturated carbocycles. The second-order valence-electron chi connectivity index (χ2n) is 7.31. The summed E-state index contributed by atoms with van der Waals surface area (Å²) in [7, 11) is 1.62. The summed E-state index contributed by atoms with van der Waals surface area (Å²) in [5.74, 6) is 2.07. The van der Waals surface area contributed by atoms with Crippen LogP contribution in [0, 0.1) is 13.8 Å². The Kier molecular flexibility index (Phi) is 6.17. The monoisotopic (exact) mass is 429 g/mol. The number of carbonyl (C=O) groups is 1. The van der Waals surface area contributed by atoms with Gasteiger partial charge in [0.15, 0.2) is 6.61 Å². The summed E-state index contributed by atoms with van der Waals surface area (Å²) in [5.41, 5.74) is 4.53. The number of amides is 1. The standard InChI is InChI=1S/C25H23N3O4/c1-16-4-11-22(14-17(16)2)31-15-23(29)26-20-9-5-19(6-10-20)25-27-24(28-32-25)18-7-12-21(30-3)13-8-18/h4-14H,15H2,1-3H3,(H,26,29). The molecule has 3 aromatic carbocycles. The number of nitrogens with one attached hydrogen (secondary N) is 1. The maximum atomic E-state index is 12.2. The molecule has 0 spiro atoms. The molecule has 162 valence electrons. The fraction of sp³-hybridized carbons (Fsp3) is 0.160. The average Bonchev–Trinajstić information content (AvgIpc) is 3.31. The van der Waals surface area contributed by atoms with Gasteiger partial charge < -0.3 is 19.3 Å². The van der Waals surface area contributed by atoms with Crippen LogP contribution in [0.3, 0.4) is 0 Å². The molecule has 4 rings (SSSR count). The average molecular weight is 429 g/mol. The summed E-state index contributed by atoms with van der Waals surface area (Å²) < 4.78 is 16.1. The fourth-order valence-corrected chi connectivity index (χ4v) is 3.04. The van der Waals surface area contributed by atoms with E-state index in [9.17, 15) is 4.79 Å². The zero-order valence-electron chi connectivity index (χ0n) is 18.1. The van der Waals surface area contributed by atoms with Gasteiger partial charge in [-0.2, -0.15) is 4.98 Å². The summed E-state index contributed by atoms with van der Waals surface area (Å²) in [4.78, 5) is 16.7. The van der Waals surface area contributed by atoms with Gasteiger partial charge >= 0.3 is 0 Å². The van der Waals surface area contributed by atoms with Crippen LogP contribution in [0.15, 0.2) is 71.3 Å². The first kappa shape index (κ1) is 21.1. The molecular weight excluding hydrogens is 406 g/mol. The first-order valence-electron chi connectivity index (χ1n) is 10.1. The number of rotatable bonds is 7. The van der Waals surface area contributed by atoms with Crippen molar-refractivity contribution in [2.24, 2.45) is 0 Å². The SMILES string of the molecule is COc1ccc(-c2noc(-c3ccc(NC(=O)COc4ccc(C)c(C)c4)cc3)n2)cc1. The normalized spacial score (nSPS) is 10.6. The van der Waals surface area contributed by atoms with E-state index in [-0.39, 0.29) is 12.5 Å². The molecular formula is C25H23N3O4. The van der Waals surface area contributed by atoms with Crippen molar-refractivity contribution in [1.82, 2.24) is 10.1 Å². The number of hydrogen-bond acceptors (Lipinski definition) is 6. The number of aryl methyl sites for hydroxylation is 2. The molecule has 7 heteroatoms. The van der Waals surface area contributed by atoms with Crippen molar-refractivity contribution in [3.8, 4) is 34.3 Å². The zero-order chi connectivity index (χ0) is 22.5. The Hall–Kier alpha value is -4.13. The first-order chi connectivity index (χ1) is 15.5. The van der Waals surface area contributed by atoms with Crippen LogP contribution in [0.5, 0.6) is 11.5 Å². The summed E-state index contributed by atoms with van der Waals surface area (Å²) in [5, 5.41) is 6.86. The Morgan fingerprint density at radius 3 is 2.28 bits per heavy atom. The van der Waals surface area contributed by atoms with E-state index in [2.05, 4.69) is 15.5 Å². The van der Waals surface area contributed by atoms with Crippen molar-refractivity contribution >= 4 is 11.6 Å². The number of methoxy groups -OCH3 is 1. The summed E-state index contributed by atoms with van der Waals surface area (Å²) >= 11 is 0. The third kappa shape index (κ3) is 4.95. The van der Waals surface area contributed by atoms with Crippen molar-refractivity contribution in [3.63, 3.8) is 0 Å². The van der Waals surface area contributed by atoms with Gasteiger partial charge in [0.25, 0.3) is 11.8 Å². The smallest absolute Gasteiger partial charge is 0.262 e. The van der Waals surface area contributed by atoms with Gasteiger partial charge in [0.05, 0.1) is 7.11 Å². The predicted molar refractivity (Wildman–Crippen MR) is 122 cm³/mol. The summed E-state index contributed by atoms with van der Waals surface area (Å²) in [6.07, 6.45) is 0. The van der Waals surface area contributed by atoms with Crippen LogP contribution in [-0.2, 0) is 4.79 Å². The quantitative estimate of drug-likeness (QED) is 0.443. The van der Waals surface area contributed by atoms with Crippen molar-refractivity contribution in [1.29, 1.82) is 0 Å². The Labute approximate surface area is 186 Å². The summed E-state index contributed by atoms with van der Waals surface area (Å²) in [6.45, 7) is 3.97. The highest BCUT2D eigenvalue weighted by Crippen LogP contribution is 2.25. The molecule has 32 heavy (non-hydrogen) atoms. The minimum absolute atomic E-state index is 0.0703. The van der Waals surface area contributed by atoms with Gasteiger partial charge in [-0.25, -0.2) is 0 Å². The second-order valence-corrected chi connectivity index (χ2v) is 7.31.